The number of carbonyl (C=O) groups is 2. The van der Waals surface area contributed by atoms with Gasteiger partial charge in [-0.2, -0.15) is 18.3 Å². The van der Waals surface area contributed by atoms with Gasteiger partial charge in [0, 0.05) is 24.8 Å². The molecule has 1 unspecified atom stereocenters. The van der Waals surface area contributed by atoms with Crippen LogP contribution >= 0.6 is 0 Å². The lowest BCUT2D eigenvalue weighted by atomic mass is 10.1. The van der Waals surface area contributed by atoms with Gasteiger partial charge in [0.05, 0.1) is 24.5 Å². The standard InChI is InChI=1S/C17H24N4O2.C2HF3O2/c1-4-19(5-2)10-15-12-20(11-14-6-8-18-21(14)15)17(22)16-13(3)7-9-23-16;3-2(4,5)1(6)7/h6-9,15H,4-5,10-12H2,1-3H3;(H,6,7). The molecule has 166 valence electrons. The second kappa shape index (κ2) is 9.79. The summed E-state index contributed by atoms with van der Waals surface area (Å²) < 4.78 is 39.2. The van der Waals surface area contributed by atoms with E-state index in [0.717, 1.165) is 30.9 Å². The minimum Gasteiger partial charge on any atom is -0.475 e. The van der Waals surface area contributed by atoms with Crippen molar-refractivity contribution >= 4 is 11.9 Å². The highest BCUT2D eigenvalue weighted by Crippen LogP contribution is 2.24. The molecule has 2 aromatic rings. The van der Waals surface area contributed by atoms with E-state index < -0.39 is 12.1 Å². The van der Waals surface area contributed by atoms with Gasteiger partial charge in [0.15, 0.2) is 5.76 Å². The molecule has 0 fully saturated rings. The third kappa shape index (κ3) is 5.62. The molecular weight excluding hydrogens is 405 g/mol. The number of carbonyl (C=O) groups excluding carboxylic acids is 1. The summed E-state index contributed by atoms with van der Waals surface area (Å²) in [5.74, 6) is -2.35. The summed E-state index contributed by atoms with van der Waals surface area (Å²) in [6.07, 6.45) is -1.69. The number of furan rings is 1. The lowest BCUT2D eigenvalue weighted by molar-refractivity contribution is -0.192. The van der Waals surface area contributed by atoms with Crippen LogP contribution in [0.3, 0.4) is 0 Å². The first-order chi connectivity index (χ1) is 14.1. The van der Waals surface area contributed by atoms with Crippen LogP contribution in [0.2, 0.25) is 0 Å². The van der Waals surface area contributed by atoms with Crippen molar-refractivity contribution in [1.29, 1.82) is 0 Å². The van der Waals surface area contributed by atoms with E-state index in [9.17, 15) is 18.0 Å². The number of aryl methyl sites for hydroxylation is 1. The Morgan fingerprint density at radius 3 is 2.43 bits per heavy atom. The number of halogens is 3. The predicted octanol–water partition coefficient (Wildman–Crippen LogP) is 2.96. The Morgan fingerprint density at radius 2 is 1.93 bits per heavy atom. The molecule has 8 nitrogen and oxygen atoms in total. The largest absolute Gasteiger partial charge is 0.490 e. The highest BCUT2D eigenvalue weighted by Gasteiger charge is 2.38. The molecule has 1 aliphatic heterocycles. The third-order valence-electron chi connectivity index (χ3n) is 4.83. The normalized spacial score (nSPS) is 16.1. The SMILES string of the molecule is CCN(CC)CC1CN(C(=O)c2occc2C)Cc2ccnn21.O=C(O)C(F)(F)F. The van der Waals surface area contributed by atoms with Crippen molar-refractivity contribution in [2.45, 2.75) is 39.5 Å². The van der Waals surface area contributed by atoms with E-state index in [0.29, 0.717) is 18.8 Å². The quantitative estimate of drug-likeness (QED) is 0.784. The fraction of sp³-hybridized carbons (Fsp3) is 0.526. The average Bonchev–Trinajstić information content (AvgIpc) is 3.33. The van der Waals surface area contributed by atoms with Gasteiger partial charge in [0.2, 0.25) is 0 Å². The van der Waals surface area contributed by atoms with Crippen LogP contribution in [0.1, 0.15) is 41.7 Å². The topological polar surface area (TPSA) is 91.8 Å². The van der Waals surface area contributed by atoms with Crippen LogP contribution in [0.15, 0.2) is 29.0 Å². The Morgan fingerprint density at radius 1 is 1.30 bits per heavy atom. The predicted molar refractivity (Wildman–Crippen MR) is 101 cm³/mol. The van der Waals surface area contributed by atoms with Crippen molar-refractivity contribution in [3.63, 3.8) is 0 Å². The van der Waals surface area contributed by atoms with Gasteiger partial charge in [-0.25, -0.2) is 4.79 Å². The molecular formula is C19H25F3N4O4. The Labute approximate surface area is 171 Å². The number of hydrogen-bond donors (Lipinski definition) is 1. The Bertz CT molecular complexity index is 858. The number of nitrogens with zero attached hydrogens (tertiary/aromatic N) is 4. The number of aromatic nitrogens is 2. The van der Waals surface area contributed by atoms with Gasteiger partial charge in [0.25, 0.3) is 5.91 Å². The maximum atomic E-state index is 12.8. The first-order valence-electron chi connectivity index (χ1n) is 9.46. The molecule has 0 saturated carbocycles. The second-order valence-electron chi connectivity index (χ2n) is 6.83. The summed E-state index contributed by atoms with van der Waals surface area (Å²) in [6, 6.07) is 3.99. The first-order valence-corrected chi connectivity index (χ1v) is 9.46. The van der Waals surface area contributed by atoms with Gasteiger partial charge in [-0.15, -0.1) is 0 Å². The van der Waals surface area contributed by atoms with E-state index in [-0.39, 0.29) is 11.9 Å². The summed E-state index contributed by atoms with van der Waals surface area (Å²) in [5, 5.41) is 11.6. The number of carboxylic acid groups (broad SMARTS) is 1. The van der Waals surface area contributed by atoms with E-state index in [1.54, 1.807) is 6.26 Å². The van der Waals surface area contributed by atoms with Crippen LogP contribution in [0, 0.1) is 6.92 Å². The molecule has 0 spiro atoms. The summed E-state index contributed by atoms with van der Waals surface area (Å²) in [6.45, 7) is 10.3. The molecule has 0 bridgehead atoms. The van der Waals surface area contributed by atoms with E-state index in [4.69, 9.17) is 14.3 Å². The van der Waals surface area contributed by atoms with E-state index in [2.05, 4.69) is 28.5 Å². The van der Waals surface area contributed by atoms with Crippen LogP contribution in [0.5, 0.6) is 0 Å². The maximum Gasteiger partial charge on any atom is 0.490 e. The molecule has 0 saturated heterocycles. The number of aliphatic carboxylic acids is 1. The minimum absolute atomic E-state index is 0.0375. The molecule has 11 heteroatoms. The summed E-state index contributed by atoms with van der Waals surface area (Å²) in [7, 11) is 0. The Hall–Kier alpha value is -2.82. The fourth-order valence-electron chi connectivity index (χ4n) is 3.19. The van der Waals surface area contributed by atoms with Crippen LogP contribution in [0.25, 0.3) is 0 Å². The molecule has 1 amide bonds. The molecule has 3 rings (SSSR count). The number of amides is 1. The van der Waals surface area contributed by atoms with E-state index in [1.807, 2.05) is 30.2 Å². The van der Waals surface area contributed by atoms with Crippen molar-refractivity contribution in [3.8, 4) is 0 Å². The van der Waals surface area contributed by atoms with Gasteiger partial charge >= 0.3 is 12.1 Å². The van der Waals surface area contributed by atoms with Gasteiger partial charge < -0.3 is 19.3 Å². The number of hydrogen-bond acceptors (Lipinski definition) is 5. The number of likely N-dealkylation sites (N-methyl/N-ethyl adjacent to an activating group) is 1. The number of fused-ring (bicyclic) bond motifs is 1. The van der Waals surface area contributed by atoms with Crippen molar-refractivity contribution in [2.75, 3.05) is 26.2 Å². The first kappa shape index (κ1) is 23.5. The Kier molecular flexibility index (Phi) is 7.65. The van der Waals surface area contributed by atoms with Gasteiger partial charge in [0.1, 0.15) is 0 Å². The molecule has 30 heavy (non-hydrogen) atoms. The molecule has 1 aliphatic rings. The summed E-state index contributed by atoms with van der Waals surface area (Å²) in [5.41, 5.74) is 1.96. The number of carboxylic acids is 1. The molecule has 1 atom stereocenters. The average molecular weight is 430 g/mol. The number of rotatable bonds is 5. The zero-order chi connectivity index (χ0) is 22.5. The molecule has 0 aliphatic carbocycles. The summed E-state index contributed by atoms with van der Waals surface area (Å²) in [4.78, 5) is 25.9. The highest BCUT2D eigenvalue weighted by molar-refractivity contribution is 5.92. The monoisotopic (exact) mass is 430 g/mol. The second-order valence-corrected chi connectivity index (χ2v) is 6.83. The molecule has 0 radical (unpaired) electrons. The fourth-order valence-corrected chi connectivity index (χ4v) is 3.19. The van der Waals surface area contributed by atoms with Crippen molar-refractivity contribution < 1.29 is 32.3 Å². The van der Waals surface area contributed by atoms with Gasteiger partial charge in [-0.05, 0) is 32.1 Å². The van der Waals surface area contributed by atoms with Crippen LogP contribution in [-0.2, 0) is 11.3 Å². The lowest BCUT2D eigenvalue weighted by Gasteiger charge is -2.36. The van der Waals surface area contributed by atoms with Crippen LogP contribution in [0.4, 0.5) is 13.2 Å². The lowest BCUT2D eigenvalue weighted by Crippen LogP contribution is -2.45. The number of alkyl halides is 3. The third-order valence-corrected chi connectivity index (χ3v) is 4.83. The van der Waals surface area contributed by atoms with Gasteiger partial charge in [-0.3, -0.25) is 9.48 Å². The summed E-state index contributed by atoms with van der Waals surface area (Å²) >= 11 is 0. The van der Waals surface area contributed by atoms with Crippen molar-refractivity contribution in [1.82, 2.24) is 19.6 Å². The maximum absolute atomic E-state index is 12.8. The van der Waals surface area contributed by atoms with E-state index in [1.165, 1.54) is 0 Å². The highest BCUT2D eigenvalue weighted by atomic mass is 19.4. The smallest absolute Gasteiger partial charge is 0.475 e. The molecule has 0 aromatic carbocycles. The zero-order valence-electron chi connectivity index (χ0n) is 17.0. The van der Waals surface area contributed by atoms with E-state index >= 15 is 0 Å². The molecule has 1 N–H and O–H groups in total. The van der Waals surface area contributed by atoms with Crippen LogP contribution < -0.4 is 0 Å². The van der Waals surface area contributed by atoms with Gasteiger partial charge in [-0.1, -0.05) is 13.8 Å². The van der Waals surface area contributed by atoms with Crippen molar-refractivity contribution in [2.24, 2.45) is 0 Å². The zero-order valence-corrected chi connectivity index (χ0v) is 17.0. The molecule has 3 heterocycles. The minimum atomic E-state index is -5.08. The molecule has 2 aromatic heterocycles. The van der Waals surface area contributed by atoms with Crippen LogP contribution in [-0.4, -0.2) is 68.9 Å². The van der Waals surface area contributed by atoms with Crippen molar-refractivity contribution in [3.05, 3.63) is 41.6 Å². The Balaban J connectivity index is 0.000000396.